The van der Waals surface area contributed by atoms with Gasteiger partial charge < -0.3 is 33.8 Å². The lowest BCUT2D eigenvalue weighted by Gasteiger charge is -2.21. The second kappa shape index (κ2) is 69.8. The average Bonchev–Trinajstić information content (AvgIpc) is 1.23. The standard InChI is InChI=1S/C78H152O17P2/c1-7-10-12-14-16-18-20-21-22-23-27-30-37-43-49-55-61-76(81)89-67-74(94-77(82)62-56-50-44-38-31-28-25-24-26-29-34-40-46-52-58-70(4)5)69-93-97(86,87)91-65-72(79)64-90-96(84,85)92-68-73(66-88-75(80)60-54-48-42-36-19-17-15-13-11-8-2)95-78(83)63-57-51-45-39-33-32-35-41-47-53-59-71(6)9-3/h70-74,79H,7-69H2,1-6H3,(H,84,85)(H,86,87)/t71?,72-,73+,74+/m0/s1. The van der Waals surface area contributed by atoms with E-state index in [9.17, 15) is 43.2 Å². The molecule has 0 spiro atoms. The van der Waals surface area contributed by atoms with Crippen molar-refractivity contribution in [2.45, 2.75) is 426 Å². The number of hydrogen-bond acceptors (Lipinski definition) is 15. The van der Waals surface area contributed by atoms with E-state index in [0.717, 1.165) is 102 Å². The van der Waals surface area contributed by atoms with E-state index in [1.54, 1.807) is 0 Å². The van der Waals surface area contributed by atoms with Crippen LogP contribution in [0, 0.1) is 11.8 Å². The van der Waals surface area contributed by atoms with Crippen molar-refractivity contribution < 1.29 is 80.2 Å². The van der Waals surface area contributed by atoms with Gasteiger partial charge in [0.25, 0.3) is 0 Å². The average molecular weight is 1420 g/mol. The minimum atomic E-state index is -4.96. The predicted octanol–water partition coefficient (Wildman–Crippen LogP) is 23.1. The van der Waals surface area contributed by atoms with E-state index in [1.807, 2.05) is 0 Å². The summed E-state index contributed by atoms with van der Waals surface area (Å²) in [4.78, 5) is 72.9. The lowest BCUT2D eigenvalue weighted by atomic mass is 9.99. The summed E-state index contributed by atoms with van der Waals surface area (Å²) in [6.07, 6.45) is 58.1. The highest BCUT2D eigenvalue weighted by Crippen LogP contribution is 2.45. The third-order valence-electron chi connectivity index (χ3n) is 18.6. The van der Waals surface area contributed by atoms with Crippen molar-refractivity contribution >= 4 is 39.5 Å². The third-order valence-corrected chi connectivity index (χ3v) is 20.5. The predicted molar refractivity (Wildman–Crippen MR) is 395 cm³/mol. The first-order valence-corrected chi connectivity index (χ1v) is 43.5. The van der Waals surface area contributed by atoms with E-state index in [0.29, 0.717) is 25.7 Å². The van der Waals surface area contributed by atoms with Crippen LogP contribution in [0.15, 0.2) is 0 Å². The Morgan fingerprint density at radius 2 is 0.526 bits per heavy atom. The summed E-state index contributed by atoms with van der Waals surface area (Å²) in [5, 5.41) is 10.6. The molecule has 6 atom stereocenters. The number of aliphatic hydroxyl groups excluding tert-OH is 1. The maximum Gasteiger partial charge on any atom is 0.472 e. The molecule has 0 bridgehead atoms. The molecule has 0 saturated carbocycles. The van der Waals surface area contributed by atoms with Gasteiger partial charge in [-0.1, -0.05) is 356 Å². The fraction of sp³-hybridized carbons (Fsp3) is 0.949. The molecule has 17 nitrogen and oxygen atoms in total. The first-order chi connectivity index (χ1) is 46.9. The number of ether oxygens (including phenoxy) is 4. The molecule has 0 aliphatic heterocycles. The molecular formula is C78H152O17P2. The quantitative estimate of drug-likeness (QED) is 0.0222. The number of phosphoric ester groups is 2. The van der Waals surface area contributed by atoms with Gasteiger partial charge in [-0.15, -0.1) is 0 Å². The van der Waals surface area contributed by atoms with Gasteiger partial charge in [0.05, 0.1) is 26.4 Å². The van der Waals surface area contributed by atoms with E-state index >= 15 is 0 Å². The molecule has 0 aromatic heterocycles. The monoisotopic (exact) mass is 1420 g/mol. The Morgan fingerprint density at radius 3 is 0.784 bits per heavy atom. The highest BCUT2D eigenvalue weighted by Gasteiger charge is 2.30. The molecule has 3 N–H and O–H groups in total. The minimum absolute atomic E-state index is 0.107. The Balaban J connectivity index is 5.25. The zero-order valence-electron chi connectivity index (χ0n) is 63.4. The maximum absolute atomic E-state index is 13.1. The lowest BCUT2D eigenvalue weighted by Crippen LogP contribution is -2.30. The van der Waals surface area contributed by atoms with Gasteiger partial charge in [0.15, 0.2) is 12.2 Å². The van der Waals surface area contributed by atoms with E-state index in [-0.39, 0.29) is 25.7 Å². The summed E-state index contributed by atoms with van der Waals surface area (Å²) in [6.45, 7) is 9.66. The topological polar surface area (TPSA) is 237 Å². The van der Waals surface area contributed by atoms with Gasteiger partial charge in [0, 0.05) is 25.7 Å². The second-order valence-corrected chi connectivity index (χ2v) is 31.7. The van der Waals surface area contributed by atoms with Crippen LogP contribution in [0.1, 0.15) is 408 Å². The molecule has 0 aromatic rings. The first kappa shape index (κ1) is 95.1. The smallest absolute Gasteiger partial charge is 0.462 e. The van der Waals surface area contributed by atoms with Crippen molar-refractivity contribution in [3.05, 3.63) is 0 Å². The Bertz CT molecular complexity index is 1870. The number of rotatable bonds is 77. The van der Waals surface area contributed by atoms with Crippen LogP contribution >= 0.6 is 15.6 Å². The zero-order valence-corrected chi connectivity index (χ0v) is 65.2. The maximum atomic E-state index is 13.1. The molecule has 0 rings (SSSR count). The normalized spacial score (nSPS) is 14.2. The van der Waals surface area contributed by atoms with Crippen LogP contribution in [-0.2, 0) is 65.4 Å². The number of hydrogen-bond donors (Lipinski definition) is 3. The van der Waals surface area contributed by atoms with Crippen LogP contribution in [0.4, 0.5) is 0 Å². The molecule has 0 fully saturated rings. The summed E-state index contributed by atoms with van der Waals surface area (Å²) >= 11 is 0. The highest BCUT2D eigenvalue weighted by molar-refractivity contribution is 7.47. The van der Waals surface area contributed by atoms with Gasteiger partial charge in [-0.25, -0.2) is 9.13 Å². The zero-order chi connectivity index (χ0) is 71.4. The van der Waals surface area contributed by atoms with Crippen molar-refractivity contribution in [1.29, 1.82) is 0 Å². The molecule has 3 unspecified atom stereocenters. The molecule has 0 saturated heterocycles. The van der Waals surface area contributed by atoms with E-state index in [4.69, 9.17) is 37.0 Å². The summed E-state index contributed by atoms with van der Waals surface area (Å²) in [5.74, 6) is -0.513. The van der Waals surface area contributed by atoms with Crippen LogP contribution in [-0.4, -0.2) is 96.7 Å². The lowest BCUT2D eigenvalue weighted by molar-refractivity contribution is -0.161. The van der Waals surface area contributed by atoms with Crippen molar-refractivity contribution in [3.8, 4) is 0 Å². The Morgan fingerprint density at radius 1 is 0.299 bits per heavy atom. The van der Waals surface area contributed by atoms with Gasteiger partial charge >= 0.3 is 39.5 Å². The molecule has 0 amide bonds. The highest BCUT2D eigenvalue weighted by atomic mass is 31.2. The number of unbranched alkanes of at least 4 members (excludes halogenated alkanes) is 46. The van der Waals surface area contributed by atoms with Gasteiger partial charge in [0.2, 0.25) is 0 Å². The molecule has 19 heteroatoms. The molecule has 0 aliphatic rings. The van der Waals surface area contributed by atoms with Crippen LogP contribution in [0.2, 0.25) is 0 Å². The van der Waals surface area contributed by atoms with E-state index < -0.39 is 97.5 Å². The number of esters is 4. The Labute approximate surface area is 594 Å². The number of aliphatic hydroxyl groups is 1. The molecule has 97 heavy (non-hydrogen) atoms. The van der Waals surface area contributed by atoms with E-state index in [2.05, 4.69) is 41.5 Å². The summed E-state index contributed by atoms with van der Waals surface area (Å²) in [5.41, 5.74) is 0. The molecule has 0 aromatic carbocycles. The number of carbonyl (C=O) groups excluding carboxylic acids is 4. The summed E-state index contributed by atoms with van der Waals surface area (Å²) in [7, 11) is -9.91. The molecule has 0 radical (unpaired) electrons. The van der Waals surface area contributed by atoms with Gasteiger partial charge in [0.1, 0.15) is 19.3 Å². The van der Waals surface area contributed by atoms with Gasteiger partial charge in [-0.05, 0) is 37.5 Å². The van der Waals surface area contributed by atoms with Gasteiger partial charge in [-0.3, -0.25) is 37.3 Å². The Kier molecular flexibility index (Phi) is 68.4. The van der Waals surface area contributed by atoms with Crippen LogP contribution in [0.25, 0.3) is 0 Å². The largest absolute Gasteiger partial charge is 0.472 e. The summed E-state index contributed by atoms with van der Waals surface area (Å²) in [6, 6.07) is 0. The molecule has 576 valence electrons. The van der Waals surface area contributed by atoms with E-state index in [1.165, 1.54) is 225 Å². The van der Waals surface area contributed by atoms with Gasteiger partial charge in [-0.2, -0.15) is 0 Å². The van der Waals surface area contributed by atoms with Crippen LogP contribution < -0.4 is 0 Å². The molecule has 0 aliphatic carbocycles. The van der Waals surface area contributed by atoms with Crippen molar-refractivity contribution in [3.63, 3.8) is 0 Å². The van der Waals surface area contributed by atoms with Crippen molar-refractivity contribution in [2.75, 3.05) is 39.6 Å². The molecular weight excluding hydrogens is 1270 g/mol. The first-order valence-electron chi connectivity index (χ1n) is 40.5. The molecule has 0 heterocycles. The summed E-state index contributed by atoms with van der Waals surface area (Å²) < 4.78 is 68.6. The van der Waals surface area contributed by atoms with Crippen LogP contribution in [0.3, 0.4) is 0 Å². The fourth-order valence-electron chi connectivity index (χ4n) is 12.0. The number of phosphoric acid groups is 2. The van der Waals surface area contributed by atoms with Crippen LogP contribution in [0.5, 0.6) is 0 Å². The van der Waals surface area contributed by atoms with Crippen molar-refractivity contribution in [2.24, 2.45) is 11.8 Å². The SMILES string of the molecule is CCCCCCCCCCCCCCCCCCC(=O)OC[C@H](COP(=O)(O)OC[C@@H](O)COP(=O)(O)OC[C@@H](COC(=O)CCCCCCCCCCCC)OC(=O)CCCCCCCCCCCCC(C)CC)OC(=O)CCCCCCCCCCCCCCCCC(C)C. The Hall–Kier alpha value is -1.94. The number of carbonyl (C=O) groups is 4. The third kappa shape index (κ3) is 70.9. The van der Waals surface area contributed by atoms with Crippen molar-refractivity contribution in [1.82, 2.24) is 0 Å². The minimum Gasteiger partial charge on any atom is -0.462 e. The second-order valence-electron chi connectivity index (χ2n) is 28.8. The fourth-order valence-corrected chi connectivity index (χ4v) is 13.6.